The third-order valence-electron chi connectivity index (χ3n) is 1.86. The zero-order valence-corrected chi connectivity index (χ0v) is 9.65. The Kier molecular flexibility index (Phi) is 5.47. The van der Waals surface area contributed by atoms with Crippen LogP contribution in [0, 0.1) is 5.41 Å². The molecule has 2 heteroatoms. The van der Waals surface area contributed by atoms with E-state index in [2.05, 4.69) is 35.9 Å². The monoisotopic (exact) mass is 232 g/mol. The average Bonchev–Trinajstić information content (AvgIpc) is 1.85. The lowest BCUT2D eigenvalue weighted by Crippen LogP contribution is -2.07. The second-order valence-electron chi connectivity index (χ2n) is 3.84. The summed E-state index contributed by atoms with van der Waals surface area (Å²) in [5.41, 5.74) is 0.207. The summed E-state index contributed by atoms with van der Waals surface area (Å²) in [4.78, 5) is 12.5. The molecule has 0 aliphatic heterocycles. The van der Waals surface area contributed by atoms with Crippen LogP contribution in [0.15, 0.2) is 11.1 Å². The SMILES string of the molecule is CC(=O)CCCC(C)(C)/C=C/Br. The van der Waals surface area contributed by atoms with Gasteiger partial charge in [-0.15, -0.1) is 0 Å². The number of allylic oxidation sites excluding steroid dienone is 1. The number of ketones is 1. The summed E-state index contributed by atoms with van der Waals surface area (Å²) < 4.78 is 0. The van der Waals surface area contributed by atoms with Gasteiger partial charge in [-0.05, 0) is 30.2 Å². The van der Waals surface area contributed by atoms with Gasteiger partial charge in [-0.25, -0.2) is 0 Å². The predicted octanol–water partition coefficient (Wildman–Crippen LogP) is 3.68. The summed E-state index contributed by atoms with van der Waals surface area (Å²) in [5.74, 6) is 0.286. The van der Waals surface area contributed by atoms with Gasteiger partial charge >= 0.3 is 0 Å². The van der Waals surface area contributed by atoms with E-state index in [0.29, 0.717) is 6.42 Å². The van der Waals surface area contributed by atoms with E-state index in [9.17, 15) is 4.79 Å². The maximum Gasteiger partial charge on any atom is 0.129 e. The molecule has 0 atom stereocenters. The highest BCUT2D eigenvalue weighted by molar-refractivity contribution is 9.11. The Morgan fingerprint density at radius 3 is 2.50 bits per heavy atom. The largest absolute Gasteiger partial charge is 0.300 e. The van der Waals surface area contributed by atoms with Crippen molar-refractivity contribution in [2.24, 2.45) is 5.41 Å². The normalized spacial score (nSPS) is 12.3. The lowest BCUT2D eigenvalue weighted by Gasteiger charge is -2.18. The van der Waals surface area contributed by atoms with Crippen LogP contribution in [0.2, 0.25) is 0 Å². The molecule has 0 heterocycles. The Morgan fingerprint density at radius 1 is 1.50 bits per heavy atom. The first-order valence-electron chi connectivity index (χ1n) is 4.25. The molecule has 0 unspecified atom stereocenters. The Hall–Kier alpha value is -0.110. The fourth-order valence-corrected chi connectivity index (χ4v) is 1.76. The van der Waals surface area contributed by atoms with E-state index in [-0.39, 0.29) is 11.2 Å². The minimum Gasteiger partial charge on any atom is -0.300 e. The molecule has 0 saturated heterocycles. The number of hydrogen-bond acceptors (Lipinski definition) is 1. The topological polar surface area (TPSA) is 17.1 Å². The van der Waals surface area contributed by atoms with E-state index < -0.39 is 0 Å². The molecule has 0 saturated carbocycles. The molecule has 0 aromatic heterocycles. The standard InChI is InChI=1S/C10H17BrO/c1-9(12)5-4-6-10(2,3)7-8-11/h7-8H,4-6H2,1-3H3/b8-7+. The highest BCUT2D eigenvalue weighted by Crippen LogP contribution is 2.25. The molecule has 1 nitrogen and oxygen atoms in total. The second kappa shape index (κ2) is 5.52. The lowest BCUT2D eigenvalue weighted by atomic mass is 9.87. The van der Waals surface area contributed by atoms with Crippen LogP contribution in [0.25, 0.3) is 0 Å². The summed E-state index contributed by atoms with van der Waals surface area (Å²) in [6, 6.07) is 0. The van der Waals surface area contributed by atoms with E-state index in [4.69, 9.17) is 0 Å². The van der Waals surface area contributed by atoms with Crippen molar-refractivity contribution in [1.82, 2.24) is 0 Å². The van der Waals surface area contributed by atoms with Crippen molar-refractivity contribution in [1.29, 1.82) is 0 Å². The van der Waals surface area contributed by atoms with Crippen LogP contribution >= 0.6 is 15.9 Å². The molecular formula is C10H17BrO. The molecule has 0 bridgehead atoms. The van der Waals surface area contributed by atoms with Gasteiger partial charge in [0.1, 0.15) is 5.78 Å². The van der Waals surface area contributed by atoms with Crippen molar-refractivity contribution in [2.75, 3.05) is 0 Å². The van der Waals surface area contributed by atoms with Crippen molar-refractivity contribution in [3.8, 4) is 0 Å². The van der Waals surface area contributed by atoms with Crippen molar-refractivity contribution in [3.05, 3.63) is 11.1 Å². The first kappa shape index (κ1) is 11.9. The molecule has 0 rings (SSSR count). The molecule has 0 amide bonds. The average molecular weight is 233 g/mol. The van der Waals surface area contributed by atoms with Gasteiger partial charge in [0.05, 0.1) is 0 Å². The number of carbonyl (C=O) groups excluding carboxylic acids is 1. The van der Waals surface area contributed by atoms with Crippen LogP contribution in [0.5, 0.6) is 0 Å². The van der Waals surface area contributed by atoms with Crippen LogP contribution in [0.3, 0.4) is 0 Å². The molecule has 0 fully saturated rings. The Morgan fingerprint density at radius 2 is 2.08 bits per heavy atom. The highest BCUT2D eigenvalue weighted by atomic mass is 79.9. The molecule has 0 aromatic rings. The van der Waals surface area contributed by atoms with Gasteiger partial charge in [0.2, 0.25) is 0 Å². The van der Waals surface area contributed by atoms with Gasteiger partial charge in [-0.1, -0.05) is 35.9 Å². The maximum atomic E-state index is 10.7. The van der Waals surface area contributed by atoms with Crippen molar-refractivity contribution < 1.29 is 4.79 Å². The van der Waals surface area contributed by atoms with Gasteiger partial charge in [0, 0.05) is 6.42 Å². The Bertz CT molecular complexity index is 171. The predicted molar refractivity (Wildman–Crippen MR) is 56.4 cm³/mol. The molecule has 0 aliphatic rings. The van der Waals surface area contributed by atoms with Gasteiger partial charge < -0.3 is 4.79 Å². The molecule has 70 valence electrons. The maximum absolute atomic E-state index is 10.7. The summed E-state index contributed by atoms with van der Waals surface area (Å²) in [7, 11) is 0. The van der Waals surface area contributed by atoms with Crippen molar-refractivity contribution in [3.63, 3.8) is 0 Å². The first-order chi connectivity index (χ1) is 5.48. The first-order valence-corrected chi connectivity index (χ1v) is 5.17. The van der Waals surface area contributed by atoms with E-state index in [1.165, 1.54) is 0 Å². The highest BCUT2D eigenvalue weighted by Gasteiger charge is 2.12. The summed E-state index contributed by atoms with van der Waals surface area (Å²) >= 11 is 3.26. The second-order valence-corrected chi connectivity index (χ2v) is 4.37. The molecule has 0 aromatic carbocycles. The summed E-state index contributed by atoms with van der Waals surface area (Å²) in [6.45, 7) is 5.99. The van der Waals surface area contributed by atoms with E-state index in [1.807, 2.05) is 4.99 Å². The summed E-state index contributed by atoms with van der Waals surface area (Å²) in [5, 5.41) is 0. The fraction of sp³-hybridized carbons (Fsp3) is 0.700. The van der Waals surface area contributed by atoms with Crippen LogP contribution in [-0.2, 0) is 4.79 Å². The quantitative estimate of drug-likeness (QED) is 0.707. The van der Waals surface area contributed by atoms with Crippen LogP contribution in [-0.4, -0.2) is 5.78 Å². The van der Waals surface area contributed by atoms with Crippen LogP contribution < -0.4 is 0 Å². The minimum absolute atomic E-state index is 0.207. The minimum atomic E-state index is 0.207. The lowest BCUT2D eigenvalue weighted by molar-refractivity contribution is -0.117. The third-order valence-corrected chi connectivity index (χ3v) is 2.13. The van der Waals surface area contributed by atoms with E-state index >= 15 is 0 Å². The van der Waals surface area contributed by atoms with Gasteiger partial charge in [-0.3, -0.25) is 0 Å². The fourth-order valence-electron chi connectivity index (χ4n) is 1.05. The summed E-state index contributed by atoms with van der Waals surface area (Å²) in [6.07, 6.45) is 4.88. The Labute approximate surface area is 83.4 Å². The zero-order chi connectivity index (χ0) is 9.61. The van der Waals surface area contributed by atoms with Gasteiger partial charge in [0.15, 0.2) is 0 Å². The zero-order valence-electron chi connectivity index (χ0n) is 8.06. The number of hydrogen-bond donors (Lipinski definition) is 0. The van der Waals surface area contributed by atoms with Gasteiger partial charge in [0.25, 0.3) is 0 Å². The smallest absolute Gasteiger partial charge is 0.129 e. The molecule has 0 aliphatic carbocycles. The van der Waals surface area contributed by atoms with Crippen molar-refractivity contribution >= 4 is 21.7 Å². The molecule has 0 N–H and O–H groups in total. The number of carbonyl (C=O) groups is 1. The van der Waals surface area contributed by atoms with E-state index in [1.54, 1.807) is 6.92 Å². The molecular weight excluding hydrogens is 216 g/mol. The number of Topliss-reactive ketones (excluding diaryl/α,β-unsaturated/α-hetero) is 1. The molecule has 0 radical (unpaired) electrons. The Balaban J connectivity index is 3.68. The number of halogens is 1. The number of rotatable bonds is 5. The van der Waals surface area contributed by atoms with Crippen LogP contribution in [0.1, 0.15) is 40.0 Å². The molecule has 0 spiro atoms. The van der Waals surface area contributed by atoms with Crippen molar-refractivity contribution in [2.45, 2.75) is 40.0 Å². The van der Waals surface area contributed by atoms with Gasteiger partial charge in [-0.2, -0.15) is 0 Å². The third kappa shape index (κ3) is 6.59. The molecule has 12 heavy (non-hydrogen) atoms. The van der Waals surface area contributed by atoms with Crippen LogP contribution in [0.4, 0.5) is 0 Å². The van der Waals surface area contributed by atoms with E-state index in [0.717, 1.165) is 12.8 Å².